The molecule has 0 atom stereocenters. The summed E-state index contributed by atoms with van der Waals surface area (Å²) in [6.07, 6.45) is 2.14. The highest BCUT2D eigenvalue weighted by molar-refractivity contribution is 6.30. The van der Waals surface area contributed by atoms with Crippen LogP contribution in [0, 0.1) is 5.82 Å². The van der Waals surface area contributed by atoms with E-state index in [2.05, 4.69) is 5.32 Å². The molecule has 1 saturated heterocycles. The Kier molecular flexibility index (Phi) is 4.77. The molecule has 1 aliphatic rings. The zero-order valence-electron chi connectivity index (χ0n) is 11.0. The van der Waals surface area contributed by atoms with Crippen LogP contribution in [0.25, 0.3) is 0 Å². The van der Waals surface area contributed by atoms with E-state index in [4.69, 9.17) is 11.6 Å². The van der Waals surface area contributed by atoms with E-state index in [0.29, 0.717) is 16.6 Å². The van der Waals surface area contributed by atoms with Gasteiger partial charge < -0.3 is 10.2 Å². The molecule has 1 aromatic carbocycles. The second kappa shape index (κ2) is 6.35. The SMILES string of the molecule is CNC1CCN(C(=O)Cc2cc(F)cc(Cl)c2)CC1. The number of hydrogen-bond donors (Lipinski definition) is 1. The zero-order chi connectivity index (χ0) is 13.8. The van der Waals surface area contributed by atoms with Crippen molar-refractivity contribution < 1.29 is 9.18 Å². The molecule has 1 aliphatic heterocycles. The third-order valence-electron chi connectivity index (χ3n) is 3.53. The number of carbonyl (C=O) groups is 1. The molecule has 19 heavy (non-hydrogen) atoms. The average Bonchev–Trinajstić information content (AvgIpc) is 2.37. The summed E-state index contributed by atoms with van der Waals surface area (Å²) in [4.78, 5) is 14.0. The molecule has 1 aromatic rings. The molecular weight excluding hydrogens is 267 g/mol. The Bertz CT molecular complexity index is 439. The zero-order valence-corrected chi connectivity index (χ0v) is 11.7. The Balaban J connectivity index is 1.94. The highest BCUT2D eigenvalue weighted by atomic mass is 35.5. The van der Waals surface area contributed by atoms with E-state index in [1.54, 1.807) is 6.07 Å². The molecule has 5 heteroatoms. The normalized spacial score (nSPS) is 16.7. The largest absolute Gasteiger partial charge is 0.342 e. The Morgan fingerprint density at radius 3 is 2.68 bits per heavy atom. The van der Waals surface area contributed by atoms with Crippen molar-refractivity contribution >= 4 is 17.5 Å². The average molecular weight is 285 g/mol. The van der Waals surface area contributed by atoms with E-state index < -0.39 is 5.82 Å². The quantitative estimate of drug-likeness (QED) is 0.923. The minimum absolute atomic E-state index is 0.0382. The molecule has 1 fully saturated rings. The van der Waals surface area contributed by atoms with E-state index in [1.165, 1.54) is 12.1 Å². The van der Waals surface area contributed by atoms with Gasteiger partial charge in [-0.2, -0.15) is 0 Å². The number of nitrogens with one attached hydrogen (secondary N) is 1. The third kappa shape index (κ3) is 3.91. The summed E-state index contributed by atoms with van der Waals surface area (Å²) in [5.74, 6) is -0.361. The van der Waals surface area contributed by atoms with Gasteiger partial charge in [-0.25, -0.2) is 4.39 Å². The highest BCUT2D eigenvalue weighted by Crippen LogP contribution is 2.16. The Morgan fingerprint density at radius 2 is 2.11 bits per heavy atom. The number of rotatable bonds is 3. The molecule has 0 aromatic heterocycles. The van der Waals surface area contributed by atoms with Gasteiger partial charge in [0.2, 0.25) is 5.91 Å². The van der Waals surface area contributed by atoms with Gasteiger partial charge in [-0.05, 0) is 43.7 Å². The van der Waals surface area contributed by atoms with Crippen LogP contribution in [0.2, 0.25) is 5.02 Å². The molecule has 0 aliphatic carbocycles. The molecule has 0 spiro atoms. The smallest absolute Gasteiger partial charge is 0.226 e. The van der Waals surface area contributed by atoms with Gasteiger partial charge in [-0.3, -0.25) is 4.79 Å². The van der Waals surface area contributed by atoms with Crippen molar-refractivity contribution in [2.75, 3.05) is 20.1 Å². The molecule has 0 saturated carbocycles. The lowest BCUT2D eigenvalue weighted by atomic mass is 10.0. The fourth-order valence-corrected chi connectivity index (χ4v) is 2.66. The van der Waals surface area contributed by atoms with Crippen molar-refractivity contribution in [2.45, 2.75) is 25.3 Å². The van der Waals surface area contributed by atoms with Crippen LogP contribution in [-0.2, 0) is 11.2 Å². The molecule has 0 unspecified atom stereocenters. The lowest BCUT2D eigenvalue weighted by molar-refractivity contribution is -0.131. The predicted octanol–water partition coefficient (Wildman–Crippen LogP) is 2.23. The summed E-state index contributed by atoms with van der Waals surface area (Å²) >= 11 is 5.78. The maximum absolute atomic E-state index is 13.2. The van der Waals surface area contributed by atoms with Crippen molar-refractivity contribution in [3.8, 4) is 0 Å². The molecule has 3 nitrogen and oxygen atoms in total. The number of likely N-dealkylation sites (tertiary alicyclic amines) is 1. The molecule has 2 rings (SSSR count). The number of amides is 1. The maximum Gasteiger partial charge on any atom is 0.226 e. The second-order valence-electron chi connectivity index (χ2n) is 4.90. The van der Waals surface area contributed by atoms with E-state index in [-0.39, 0.29) is 12.3 Å². The monoisotopic (exact) mass is 284 g/mol. The van der Waals surface area contributed by atoms with Crippen molar-refractivity contribution in [3.05, 3.63) is 34.6 Å². The number of benzene rings is 1. The van der Waals surface area contributed by atoms with Gasteiger partial charge in [0.15, 0.2) is 0 Å². The number of hydrogen-bond acceptors (Lipinski definition) is 2. The molecule has 1 amide bonds. The van der Waals surface area contributed by atoms with Gasteiger partial charge in [0.25, 0.3) is 0 Å². The number of carbonyl (C=O) groups excluding carboxylic acids is 1. The van der Waals surface area contributed by atoms with E-state index in [1.807, 2.05) is 11.9 Å². The highest BCUT2D eigenvalue weighted by Gasteiger charge is 2.21. The van der Waals surface area contributed by atoms with Crippen molar-refractivity contribution in [1.29, 1.82) is 0 Å². The lowest BCUT2D eigenvalue weighted by Gasteiger charge is -2.31. The van der Waals surface area contributed by atoms with Crippen LogP contribution in [0.1, 0.15) is 18.4 Å². The number of nitrogens with zero attached hydrogens (tertiary/aromatic N) is 1. The first-order chi connectivity index (χ1) is 9.08. The molecule has 104 valence electrons. The predicted molar refractivity (Wildman–Crippen MR) is 73.8 cm³/mol. The minimum Gasteiger partial charge on any atom is -0.342 e. The van der Waals surface area contributed by atoms with Crippen molar-refractivity contribution in [3.63, 3.8) is 0 Å². The Hall–Kier alpha value is -1.13. The summed E-state index contributed by atoms with van der Waals surface area (Å²) in [5.41, 5.74) is 0.630. The third-order valence-corrected chi connectivity index (χ3v) is 3.75. The summed E-state index contributed by atoms with van der Waals surface area (Å²) in [6.45, 7) is 1.51. The van der Waals surface area contributed by atoms with Crippen LogP contribution in [0.3, 0.4) is 0 Å². The summed E-state index contributed by atoms with van der Waals surface area (Å²) < 4.78 is 13.2. The van der Waals surface area contributed by atoms with E-state index >= 15 is 0 Å². The van der Waals surface area contributed by atoms with Gasteiger partial charge in [-0.15, -0.1) is 0 Å². The molecule has 1 N–H and O–H groups in total. The first-order valence-corrected chi connectivity index (χ1v) is 6.86. The van der Waals surface area contributed by atoms with Gasteiger partial charge in [-0.1, -0.05) is 11.6 Å². The van der Waals surface area contributed by atoms with Crippen LogP contribution in [0.15, 0.2) is 18.2 Å². The van der Waals surface area contributed by atoms with Crippen LogP contribution in [-0.4, -0.2) is 37.0 Å². The van der Waals surface area contributed by atoms with Gasteiger partial charge in [0.1, 0.15) is 5.82 Å². The Morgan fingerprint density at radius 1 is 1.42 bits per heavy atom. The topological polar surface area (TPSA) is 32.3 Å². The first kappa shape index (κ1) is 14.3. The van der Waals surface area contributed by atoms with E-state index in [9.17, 15) is 9.18 Å². The maximum atomic E-state index is 13.2. The van der Waals surface area contributed by atoms with Crippen LogP contribution >= 0.6 is 11.6 Å². The fraction of sp³-hybridized carbons (Fsp3) is 0.500. The minimum atomic E-state index is -0.399. The molecule has 1 heterocycles. The van der Waals surface area contributed by atoms with E-state index in [0.717, 1.165) is 25.9 Å². The van der Waals surface area contributed by atoms with Gasteiger partial charge in [0.05, 0.1) is 6.42 Å². The van der Waals surface area contributed by atoms with Crippen molar-refractivity contribution in [1.82, 2.24) is 10.2 Å². The summed E-state index contributed by atoms with van der Waals surface area (Å²) in [5, 5.41) is 3.55. The van der Waals surface area contributed by atoms with Gasteiger partial charge in [0, 0.05) is 24.2 Å². The second-order valence-corrected chi connectivity index (χ2v) is 5.33. The molecular formula is C14H18ClFN2O. The number of piperidine rings is 1. The summed E-state index contributed by atoms with van der Waals surface area (Å²) in [7, 11) is 1.94. The number of halogens is 2. The van der Waals surface area contributed by atoms with Crippen LogP contribution < -0.4 is 5.32 Å². The molecule has 0 radical (unpaired) electrons. The Labute approximate surface area is 117 Å². The fourth-order valence-electron chi connectivity index (χ4n) is 2.42. The van der Waals surface area contributed by atoms with Gasteiger partial charge >= 0.3 is 0 Å². The first-order valence-electron chi connectivity index (χ1n) is 6.48. The standard InChI is InChI=1S/C14H18ClFN2O/c1-17-13-2-4-18(5-3-13)14(19)8-10-6-11(15)9-12(16)7-10/h6-7,9,13,17H,2-5,8H2,1H3. The van der Waals surface area contributed by atoms with Crippen LogP contribution in [0.4, 0.5) is 4.39 Å². The van der Waals surface area contributed by atoms with Crippen molar-refractivity contribution in [2.24, 2.45) is 0 Å². The summed E-state index contributed by atoms with van der Waals surface area (Å²) in [6, 6.07) is 4.74. The molecule has 0 bridgehead atoms. The van der Waals surface area contributed by atoms with Crippen LogP contribution in [0.5, 0.6) is 0 Å². The lowest BCUT2D eigenvalue weighted by Crippen LogP contribution is -2.44.